The smallest absolute Gasteiger partial charge is 0.397 e. The molecule has 0 atom stereocenters. The second-order valence-corrected chi connectivity index (χ2v) is 7.52. The van der Waals surface area contributed by atoms with Crippen LogP contribution in [0.1, 0.15) is 37.5 Å². The molecule has 0 saturated carbocycles. The summed E-state index contributed by atoms with van der Waals surface area (Å²) in [6.07, 6.45) is 0. The number of carbonyl (C=O) groups excluding carboxylic acids is 2. The maximum Gasteiger partial charge on any atom is 0.397 e. The van der Waals surface area contributed by atoms with Crippen LogP contribution in [0.15, 0.2) is 30.3 Å². The highest BCUT2D eigenvalue weighted by molar-refractivity contribution is 6.37. The number of carbonyl (C=O) groups is 2. The van der Waals surface area contributed by atoms with Gasteiger partial charge in [0.15, 0.2) is 0 Å². The van der Waals surface area contributed by atoms with Crippen molar-refractivity contribution in [3.05, 3.63) is 47.0 Å². The molecule has 0 unspecified atom stereocenters. The lowest BCUT2D eigenvalue weighted by atomic mass is 10.1. The summed E-state index contributed by atoms with van der Waals surface area (Å²) in [6, 6.07) is 8.96. The Morgan fingerprint density at radius 3 is 2.33 bits per heavy atom. The van der Waals surface area contributed by atoms with E-state index in [1.165, 1.54) is 0 Å². The van der Waals surface area contributed by atoms with Crippen molar-refractivity contribution in [1.82, 2.24) is 4.90 Å². The zero-order valence-electron chi connectivity index (χ0n) is 18.4. The summed E-state index contributed by atoms with van der Waals surface area (Å²) < 4.78 is 10.8. The van der Waals surface area contributed by atoms with Crippen LogP contribution in [0.2, 0.25) is 0 Å². The number of aromatic hydroxyl groups is 1. The van der Waals surface area contributed by atoms with E-state index in [-0.39, 0.29) is 12.4 Å². The van der Waals surface area contributed by atoms with Gasteiger partial charge in [0.2, 0.25) is 0 Å². The summed E-state index contributed by atoms with van der Waals surface area (Å²) in [5.41, 5.74) is 2.85. The van der Waals surface area contributed by atoms with E-state index >= 15 is 0 Å². The first kappa shape index (κ1) is 23.2. The maximum atomic E-state index is 11.9. The van der Waals surface area contributed by atoms with E-state index < -0.39 is 11.9 Å². The Kier molecular flexibility index (Phi) is 7.83. The van der Waals surface area contributed by atoms with Crippen molar-refractivity contribution in [3.63, 3.8) is 0 Å². The van der Waals surface area contributed by atoms with E-state index in [1.54, 1.807) is 31.2 Å². The van der Waals surface area contributed by atoms with Gasteiger partial charge in [0.25, 0.3) is 0 Å². The molecule has 0 spiro atoms. The van der Waals surface area contributed by atoms with Gasteiger partial charge in [-0.05, 0) is 83.1 Å². The van der Waals surface area contributed by atoms with Gasteiger partial charge in [-0.25, -0.2) is 4.79 Å². The highest BCUT2D eigenvalue weighted by Crippen LogP contribution is 2.33. The lowest BCUT2D eigenvalue weighted by Gasteiger charge is -2.22. The van der Waals surface area contributed by atoms with Gasteiger partial charge in [0, 0.05) is 23.8 Å². The van der Waals surface area contributed by atoms with Crippen molar-refractivity contribution in [2.75, 3.05) is 19.0 Å². The van der Waals surface area contributed by atoms with Gasteiger partial charge in [0.1, 0.15) is 17.2 Å². The molecule has 2 rings (SSSR count). The predicted molar refractivity (Wildman–Crippen MR) is 116 cm³/mol. The SMILES string of the molecule is CCOC(=O)C(=O)Nc1cc(C)c(Oc2ccc(O)c(CN(C)C(C)C)c2)c(C)c1. The van der Waals surface area contributed by atoms with Crippen LogP contribution in [0.25, 0.3) is 0 Å². The van der Waals surface area contributed by atoms with Gasteiger partial charge < -0.3 is 19.9 Å². The second kappa shape index (κ2) is 10.1. The Balaban J connectivity index is 2.21. The van der Waals surface area contributed by atoms with Gasteiger partial charge in [-0.2, -0.15) is 0 Å². The first-order chi connectivity index (χ1) is 14.1. The van der Waals surface area contributed by atoms with E-state index in [4.69, 9.17) is 9.47 Å². The minimum absolute atomic E-state index is 0.138. The van der Waals surface area contributed by atoms with Crippen LogP contribution < -0.4 is 10.1 Å². The summed E-state index contributed by atoms with van der Waals surface area (Å²) in [7, 11) is 2.00. The summed E-state index contributed by atoms with van der Waals surface area (Å²) in [6.45, 7) is 10.3. The van der Waals surface area contributed by atoms with Crippen LogP contribution in [0.4, 0.5) is 5.69 Å². The average molecular weight is 415 g/mol. The first-order valence-corrected chi connectivity index (χ1v) is 9.91. The molecule has 0 radical (unpaired) electrons. The molecule has 2 aromatic carbocycles. The predicted octanol–water partition coefficient (Wildman–Crippen LogP) is 4.14. The zero-order valence-corrected chi connectivity index (χ0v) is 18.4. The quantitative estimate of drug-likeness (QED) is 0.523. The number of aryl methyl sites for hydroxylation is 2. The summed E-state index contributed by atoms with van der Waals surface area (Å²) in [5, 5.41) is 12.7. The molecule has 7 heteroatoms. The van der Waals surface area contributed by atoms with E-state index in [0.717, 1.165) is 16.7 Å². The third kappa shape index (κ3) is 5.97. The van der Waals surface area contributed by atoms with Gasteiger partial charge in [0.05, 0.1) is 6.61 Å². The number of amides is 1. The third-order valence-electron chi connectivity index (χ3n) is 4.75. The van der Waals surface area contributed by atoms with Crippen molar-refractivity contribution in [2.24, 2.45) is 0 Å². The molecule has 0 aliphatic rings. The molecule has 7 nitrogen and oxygen atoms in total. The summed E-state index contributed by atoms with van der Waals surface area (Å²) in [4.78, 5) is 25.5. The first-order valence-electron chi connectivity index (χ1n) is 9.91. The van der Waals surface area contributed by atoms with Crippen LogP contribution in [0.5, 0.6) is 17.2 Å². The lowest BCUT2D eigenvalue weighted by Crippen LogP contribution is -2.25. The number of benzene rings is 2. The molecule has 0 aromatic heterocycles. The lowest BCUT2D eigenvalue weighted by molar-refractivity contribution is -0.152. The van der Waals surface area contributed by atoms with Crippen molar-refractivity contribution in [3.8, 4) is 17.2 Å². The largest absolute Gasteiger partial charge is 0.508 e. The van der Waals surface area contributed by atoms with Crippen molar-refractivity contribution in [2.45, 2.75) is 47.2 Å². The summed E-state index contributed by atoms with van der Waals surface area (Å²) >= 11 is 0. The Morgan fingerprint density at radius 1 is 1.13 bits per heavy atom. The number of anilines is 1. The topological polar surface area (TPSA) is 88.1 Å². The zero-order chi connectivity index (χ0) is 22.4. The fraction of sp³-hybridized carbons (Fsp3) is 0.391. The number of rotatable bonds is 7. The molecule has 0 aliphatic carbocycles. The highest BCUT2D eigenvalue weighted by Gasteiger charge is 2.17. The molecule has 30 heavy (non-hydrogen) atoms. The van der Waals surface area contributed by atoms with Crippen LogP contribution >= 0.6 is 0 Å². The molecule has 2 N–H and O–H groups in total. The molecule has 0 aliphatic heterocycles. The molecule has 162 valence electrons. The number of ether oxygens (including phenoxy) is 2. The maximum absolute atomic E-state index is 11.9. The number of phenolic OH excluding ortho intramolecular Hbond substituents is 1. The number of phenols is 1. The average Bonchev–Trinajstić information content (AvgIpc) is 2.67. The standard InChI is InChI=1S/C23H30N2O5/c1-7-29-23(28)22(27)24-18-10-15(4)21(16(5)11-18)30-19-8-9-20(26)17(12-19)13-25(6)14(2)3/h8-12,14,26H,7,13H2,1-6H3,(H,24,27). The number of hydrogen-bond donors (Lipinski definition) is 2. The molecule has 0 bridgehead atoms. The van der Waals surface area contributed by atoms with E-state index in [1.807, 2.05) is 27.0 Å². The second-order valence-electron chi connectivity index (χ2n) is 7.52. The highest BCUT2D eigenvalue weighted by atomic mass is 16.5. The molecule has 2 aromatic rings. The van der Waals surface area contributed by atoms with E-state index in [9.17, 15) is 14.7 Å². The minimum atomic E-state index is -0.920. The Bertz CT molecular complexity index is 901. The number of nitrogens with zero attached hydrogens (tertiary/aromatic N) is 1. The monoisotopic (exact) mass is 414 g/mol. The van der Waals surface area contributed by atoms with Gasteiger partial charge in [-0.3, -0.25) is 9.69 Å². The Hall–Kier alpha value is -3.06. The van der Waals surface area contributed by atoms with Gasteiger partial charge in [-0.1, -0.05) is 0 Å². The molecule has 0 fully saturated rings. The fourth-order valence-electron chi connectivity index (χ4n) is 2.88. The molecular weight excluding hydrogens is 384 g/mol. The fourth-order valence-corrected chi connectivity index (χ4v) is 2.88. The van der Waals surface area contributed by atoms with Crippen LogP contribution in [0, 0.1) is 13.8 Å². The van der Waals surface area contributed by atoms with Gasteiger partial charge >= 0.3 is 11.9 Å². The van der Waals surface area contributed by atoms with E-state index in [2.05, 4.69) is 24.1 Å². The number of nitrogens with one attached hydrogen (secondary N) is 1. The van der Waals surface area contributed by atoms with Crippen molar-refractivity contribution >= 4 is 17.6 Å². The van der Waals surface area contributed by atoms with Gasteiger partial charge in [-0.15, -0.1) is 0 Å². The van der Waals surface area contributed by atoms with Crippen molar-refractivity contribution < 1.29 is 24.2 Å². The van der Waals surface area contributed by atoms with Crippen LogP contribution in [-0.4, -0.2) is 41.6 Å². The number of esters is 1. The van der Waals surface area contributed by atoms with Crippen LogP contribution in [0.3, 0.4) is 0 Å². The summed E-state index contributed by atoms with van der Waals surface area (Å²) in [5.74, 6) is -0.259. The minimum Gasteiger partial charge on any atom is -0.508 e. The van der Waals surface area contributed by atoms with Crippen LogP contribution in [-0.2, 0) is 20.9 Å². The molecule has 1 amide bonds. The molecule has 0 saturated heterocycles. The van der Waals surface area contributed by atoms with Crippen molar-refractivity contribution in [1.29, 1.82) is 0 Å². The molecular formula is C23H30N2O5. The molecule has 0 heterocycles. The third-order valence-corrected chi connectivity index (χ3v) is 4.75. The van der Waals surface area contributed by atoms with E-state index in [0.29, 0.717) is 29.8 Å². The Morgan fingerprint density at radius 2 is 1.77 bits per heavy atom. The normalized spacial score (nSPS) is 10.9. The Labute approximate surface area is 177 Å². The number of hydrogen-bond acceptors (Lipinski definition) is 6.